The van der Waals surface area contributed by atoms with E-state index in [1.165, 1.54) is 5.56 Å². The molecule has 0 unspecified atom stereocenters. The second kappa shape index (κ2) is 8.70. The highest BCUT2D eigenvalue weighted by Crippen LogP contribution is 2.27. The van der Waals surface area contributed by atoms with Crippen LogP contribution in [0.3, 0.4) is 0 Å². The summed E-state index contributed by atoms with van der Waals surface area (Å²) in [7, 11) is 1.74. The predicted molar refractivity (Wildman–Crippen MR) is 119 cm³/mol. The van der Waals surface area contributed by atoms with Crippen molar-refractivity contribution >= 4 is 22.8 Å². The van der Waals surface area contributed by atoms with E-state index in [0.29, 0.717) is 25.7 Å². The number of hydrogen-bond donors (Lipinski definition) is 3. The Labute approximate surface area is 181 Å². The molecule has 2 fully saturated rings. The molecule has 2 aliphatic heterocycles. The fourth-order valence-electron chi connectivity index (χ4n) is 4.26. The van der Waals surface area contributed by atoms with Crippen molar-refractivity contribution in [2.24, 2.45) is 0 Å². The fraction of sp³-hybridized carbons (Fsp3) is 0.455. The standard InChI is InChI=1S/C22H29N7O2/c1-30-19-10-15(11-28-8-5-24-6-9-28)2-3-16(19)12-29-7-4-18-20(29)21(27-22(23)26-18)25-17-13-31-14-17/h2-4,7,10,17,24H,5-6,8-9,11-14H2,1H3,(H3,23,25,26,27)/p+1. The van der Waals surface area contributed by atoms with Gasteiger partial charge in [-0.25, -0.2) is 4.98 Å². The van der Waals surface area contributed by atoms with E-state index >= 15 is 0 Å². The first-order valence-electron chi connectivity index (χ1n) is 10.8. The minimum Gasteiger partial charge on any atom is -0.496 e. The summed E-state index contributed by atoms with van der Waals surface area (Å²) in [6, 6.07) is 8.81. The molecule has 5 rings (SSSR count). The van der Waals surface area contributed by atoms with Gasteiger partial charge in [0.25, 0.3) is 0 Å². The Hall–Kier alpha value is -2.88. The van der Waals surface area contributed by atoms with Crippen molar-refractivity contribution in [3.05, 3.63) is 41.6 Å². The van der Waals surface area contributed by atoms with Gasteiger partial charge in [0, 0.05) is 44.5 Å². The van der Waals surface area contributed by atoms with Gasteiger partial charge in [0.05, 0.1) is 26.9 Å². The van der Waals surface area contributed by atoms with Crippen molar-refractivity contribution in [1.29, 1.82) is 0 Å². The number of nitrogens with one attached hydrogen (secondary N) is 3. The van der Waals surface area contributed by atoms with E-state index in [2.05, 4.69) is 48.3 Å². The Morgan fingerprint density at radius 1 is 1.26 bits per heavy atom. The Balaban J connectivity index is 1.41. The lowest BCUT2D eigenvalue weighted by molar-refractivity contribution is -0.346. The number of ether oxygens (including phenoxy) is 2. The summed E-state index contributed by atoms with van der Waals surface area (Å²) >= 11 is 0. The zero-order chi connectivity index (χ0) is 21.2. The van der Waals surface area contributed by atoms with Crippen molar-refractivity contribution < 1.29 is 14.5 Å². The average molecular weight is 425 g/mol. The molecule has 31 heavy (non-hydrogen) atoms. The quantitative estimate of drug-likeness (QED) is 0.513. The van der Waals surface area contributed by atoms with Crippen LogP contribution in [0.4, 0.5) is 11.8 Å². The zero-order valence-electron chi connectivity index (χ0n) is 17.9. The first kappa shape index (κ1) is 20.0. The van der Waals surface area contributed by atoms with Crippen LogP contribution in [0.1, 0.15) is 11.1 Å². The highest BCUT2D eigenvalue weighted by atomic mass is 16.5. The number of methoxy groups -OCH3 is 1. The molecule has 9 nitrogen and oxygen atoms in total. The van der Waals surface area contributed by atoms with E-state index in [-0.39, 0.29) is 6.04 Å². The molecule has 5 N–H and O–H groups in total. The lowest BCUT2D eigenvalue weighted by Gasteiger charge is -2.27. The molecule has 0 bridgehead atoms. The number of hydrogen-bond acceptors (Lipinski definition) is 7. The van der Waals surface area contributed by atoms with Gasteiger partial charge in [-0.05, 0) is 17.7 Å². The molecule has 0 spiro atoms. The zero-order valence-corrected chi connectivity index (χ0v) is 17.9. The summed E-state index contributed by atoms with van der Waals surface area (Å²) in [4.78, 5) is 10.1. The number of aromatic nitrogens is 3. The van der Waals surface area contributed by atoms with Crippen LogP contribution in [0.25, 0.3) is 11.0 Å². The van der Waals surface area contributed by atoms with E-state index in [0.717, 1.165) is 60.9 Å². The molecular formula is C22H30N7O2+. The van der Waals surface area contributed by atoms with Crippen molar-refractivity contribution in [3.63, 3.8) is 0 Å². The predicted octanol–water partition coefficient (Wildman–Crippen LogP) is 0.705. The Kier molecular flexibility index (Phi) is 5.63. The number of aromatic amines is 1. The van der Waals surface area contributed by atoms with Gasteiger partial charge < -0.3 is 30.4 Å². The van der Waals surface area contributed by atoms with Crippen LogP contribution in [-0.4, -0.2) is 67.0 Å². The number of benzene rings is 1. The minimum absolute atomic E-state index is 0.281. The van der Waals surface area contributed by atoms with E-state index in [4.69, 9.17) is 15.2 Å². The number of H-pyrrole nitrogens is 1. The number of fused-ring (bicyclic) bond motifs is 1. The molecule has 0 amide bonds. The van der Waals surface area contributed by atoms with Crippen molar-refractivity contribution in [1.82, 2.24) is 19.8 Å². The molecule has 1 aromatic carbocycles. The monoisotopic (exact) mass is 424 g/mol. The lowest BCUT2D eigenvalue weighted by Crippen LogP contribution is -2.42. The third-order valence-corrected chi connectivity index (χ3v) is 5.97. The number of piperazine rings is 1. The minimum atomic E-state index is 0.281. The van der Waals surface area contributed by atoms with Gasteiger partial charge in [0.15, 0.2) is 5.52 Å². The molecule has 2 saturated heterocycles. The van der Waals surface area contributed by atoms with Crippen LogP contribution in [0.5, 0.6) is 5.75 Å². The maximum Gasteiger partial charge on any atom is 0.343 e. The second-order valence-corrected chi connectivity index (χ2v) is 8.23. The molecule has 0 atom stereocenters. The van der Waals surface area contributed by atoms with E-state index in [1.54, 1.807) is 7.11 Å². The summed E-state index contributed by atoms with van der Waals surface area (Å²) in [5.74, 6) is 2.17. The summed E-state index contributed by atoms with van der Waals surface area (Å²) in [5.41, 5.74) is 10.2. The van der Waals surface area contributed by atoms with Gasteiger partial charge in [0.1, 0.15) is 17.3 Å². The van der Waals surface area contributed by atoms with Gasteiger partial charge in [0.2, 0.25) is 5.82 Å². The molecule has 0 aliphatic carbocycles. The van der Waals surface area contributed by atoms with E-state index < -0.39 is 0 Å². The Morgan fingerprint density at radius 2 is 2.10 bits per heavy atom. The first-order chi connectivity index (χ1) is 15.2. The molecule has 9 heteroatoms. The SMILES string of the molecule is COc1cc(CN2CCNCC2)ccc1Cn1ccc2nc(N)[nH+]c(NC3COC3)c21. The van der Waals surface area contributed by atoms with Crippen LogP contribution in [-0.2, 0) is 17.8 Å². The number of nitrogen functional groups attached to an aromatic ring is 1. The van der Waals surface area contributed by atoms with Crippen LogP contribution in [0.2, 0.25) is 0 Å². The smallest absolute Gasteiger partial charge is 0.343 e. The molecule has 3 aromatic rings. The molecular weight excluding hydrogens is 394 g/mol. The molecule has 164 valence electrons. The highest BCUT2D eigenvalue weighted by molar-refractivity contribution is 5.85. The van der Waals surface area contributed by atoms with Crippen LogP contribution >= 0.6 is 0 Å². The van der Waals surface area contributed by atoms with E-state index in [1.807, 2.05) is 12.3 Å². The molecule has 0 radical (unpaired) electrons. The molecule has 0 saturated carbocycles. The van der Waals surface area contributed by atoms with E-state index in [9.17, 15) is 0 Å². The third-order valence-electron chi connectivity index (χ3n) is 5.97. The fourth-order valence-corrected chi connectivity index (χ4v) is 4.26. The third kappa shape index (κ3) is 4.30. The van der Waals surface area contributed by atoms with Crippen molar-refractivity contribution in [2.75, 3.05) is 57.6 Å². The number of nitrogens with two attached hydrogens (primary N) is 1. The maximum atomic E-state index is 5.99. The van der Waals surface area contributed by atoms with Gasteiger partial charge in [-0.3, -0.25) is 4.90 Å². The molecule has 2 aromatic heterocycles. The van der Waals surface area contributed by atoms with Gasteiger partial charge in [-0.2, -0.15) is 0 Å². The number of nitrogens with zero attached hydrogens (tertiary/aromatic N) is 3. The highest BCUT2D eigenvalue weighted by Gasteiger charge is 2.24. The second-order valence-electron chi connectivity index (χ2n) is 8.23. The largest absolute Gasteiger partial charge is 0.496 e. The molecule has 2 aliphatic rings. The van der Waals surface area contributed by atoms with Crippen molar-refractivity contribution in [3.8, 4) is 5.75 Å². The topological polar surface area (TPSA) is 104 Å². The van der Waals surface area contributed by atoms with Crippen LogP contribution in [0.15, 0.2) is 30.5 Å². The summed E-state index contributed by atoms with van der Waals surface area (Å²) in [6.07, 6.45) is 2.04. The molecule has 4 heterocycles. The number of anilines is 2. The van der Waals surface area contributed by atoms with Gasteiger partial charge in [-0.15, -0.1) is 4.98 Å². The lowest BCUT2D eigenvalue weighted by atomic mass is 10.1. The Bertz CT molecular complexity index is 1060. The van der Waals surface area contributed by atoms with Crippen molar-refractivity contribution in [2.45, 2.75) is 19.1 Å². The summed E-state index contributed by atoms with van der Waals surface area (Å²) < 4.78 is 13.2. The maximum absolute atomic E-state index is 5.99. The van der Waals surface area contributed by atoms with Crippen LogP contribution < -0.4 is 26.1 Å². The van der Waals surface area contributed by atoms with Gasteiger partial charge in [-0.1, -0.05) is 12.1 Å². The Morgan fingerprint density at radius 3 is 2.84 bits per heavy atom. The van der Waals surface area contributed by atoms with Gasteiger partial charge >= 0.3 is 5.95 Å². The first-order valence-corrected chi connectivity index (χ1v) is 10.8. The average Bonchev–Trinajstić information content (AvgIpc) is 3.15. The summed E-state index contributed by atoms with van der Waals surface area (Å²) in [6.45, 7) is 7.27. The van der Waals surface area contributed by atoms with Crippen LogP contribution in [0, 0.1) is 0 Å². The normalized spacial score (nSPS) is 17.6. The number of rotatable bonds is 7. The summed E-state index contributed by atoms with van der Waals surface area (Å²) in [5, 5.41) is 6.90.